The molecule has 3 unspecified atom stereocenters. The quantitative estimate of drug-likeness (QED) is 0.833. The fourth-order valence-corrected chi connectivity index (χ4v) is 3.75. The molecule has 2 rings (SSSR count). The van der Waals surface area contributed by atoms with Crippen LogP contribution in [0.25, 0.3) is 0 Å². The first-order valence-corrected chi connectivity index (χ1v) is 7.88. The van der Waals surface area contributed by atoms with E-state index in [2.05, 4.69) is 26.1 Å². The van der Waals surface area contributed by atoms with Crippen molar-refractivity contribution in [2.45, 2.75) is 71.4 Å². The van der Waals surface area contributed by atoms with Gasteiger partial charge in [0, 0.05) is 19.6 Å². The van der Waals surface area contributed by atoms with Crippen molar-refractivity contribution < 1.29 is 4.79 Å². The SMILES string of the molecule is CN(CC(C)(C)C)C(=O)C1CCC2CCCCC2N1. The van der Waals surface area contributed by atoms with E-state index in [0.717, 1.165) is 18.9 Å². The van der Waals surface area contributed by atoms with Gasteiger partial charge in [-0.1, -0.05) is 33.6 Å². The van der Waals surface area contributed by atoms with Gasteiger partial charge >= 0.3 is 0 Å². The summed E-state index contributed by atoms with van der Waals surface area (Å²) in [6, 6.07) is 0.659. The van der Waals surface area contributed by atoms with Crippen LogP contribution < -0.4 is 5.32 Å². The summed E-state index contributed by atoms with van der Waals surface area (Å²) in [7, 11) is 1.95. The van der Waals surface area contributed by atoms with Crippen LogP contribution in [-0.4, -0.2) is 36.5 Å². The maximum Gasteiger partial charge on any atom is 0.239 e. The zero-order valence-corrected chi connectivity index (χ0v) is 13.0. The van der Waals surface area contributed by atoms with E-state index in [4.69, 9.17) is 0 Å². The van der Waals surface area contributed by atoms with Crippen LogP contribution in [0.1, 0.15) is 59.3 Å². The second-order valence-corrected chi connectivity index (χ2v) is 7.70. The van der Waals surface area contributed by atoms with Crippen LogP contribution in [0.4, 0.5) is 0 Å². The summed E-state index contributed by atoms with van der Waals surface area (Å²) in [5.41, 5.74) is 0.173. The van der Waals surface area contributed by atoms with Crippen LogP contribution in [0.5, 0.6) is 0 Å². The number of hydrogen-bond donors (Lipinski definition) is 1. The molecule has 0 aromatic rings. The lowest BCUT2D eigenvalue weighted by Gasteiger charge is -2.41. The molecule has 0 bridgehead atoms. The molecule has 1 saturated carbocycles. The first-order valence-electron chi connectivity index (χ1n) is 7.88. The van der Waals surface area contributed by atoms with E-state index in [9.17, 15) is 4.79 Å². The molecule has 1 saturated heterocycles. The molecule has 0 spiro atoms. The van der Waals surface area contributed by atoms with Crippen LogP contribution in [-0.2, 0) is 4.79 Å². The normalized spacial score (nSPS) is 31.7. The Labute approximate surface area is 118 Å². The lowest BCUT2D eigenvalue weighted by molar-refractivity contribution is -0.134. The molecular weight excluding hydrogens is 236 g/mol. The van der Waals surface area contributed by atoms with Crippen LogP contribution in [0.3, 0.4) is 0 Å². The highest BCUT2D eigenvalue weighted by molar-refractivity contribution is 5.81. The number of nitrogens with one attached hydrogen (secondary N) is 1. The Morgan fingerprint density at radius 1 is 1.16 bits per heavy atom. The summed E-state index contributed by atoms with van der Waals surface area (Å²) in [6.07, 6.45) is 7.58. The molecule has 110 valence electrons. The smallest absolute Gasteiger partial charge is 0.239 e. The van der Waals surface area contributed by atoms with Gasteiger partial charge in [0.25, 0.3) is 0 Å². The average Bonchev–Trinajstić information content (AvgIpc) is 2.35. The fraction of sp³-hybridized carbons (Fsp3) is 0.938. The van der Waals surface area contributed by atoms with Crippen LogP contribution in [0, 0.1) is 11.3 Å². The molecule has 0 aromatic carbocycles. The van der Waals surface area contributed by atoms with Gasteiger partial charge < -0.3 is 10.2 Å². The Morgan fingerprint density at radius 2 is 1.84 bits per heavy atom. The van der Waals surface area contributed by atoms with Gasteiger partial charge in [-0.05, 0) is 37.0 Å². The summed E-state index contributed by atoms with van der Waals surface area (Å²) in [5.74, 6) is 1.12. The molecule has 3 atom stereocenters. The number of hydrogen-bond acceptors (Lipinski definition) is 2. The van der Waals surface area contributed by atoms with Crippen LogP contribution >= 0.6 is 0 Å². The first-order chi connectivity index (χ1) is 8.87. The molecule has 1 aliphatic heterocycles. The Kier molecular flexibility index (Phi) is 4.54. The monoisotopic (exact) mass is 266 g/mol. The number of fused-ring (bicyclic) bond motifs is 1. The Morgan fingerprint density at radius 3 is 2.53 bits per heavy atom. The van der Waals surface area contributed by atoms with E-state index in [1.807, 2.05) is 11.9 Å². The largest absolute Gasteiger partial charge is 0.344 e. The average molecular weight is 266 g/mol. The fourth-order valence-electron chi connectivity index (χ4n) is 3.75. The van der Waals surface area contributed by atoms with Gasteiger partial charge in [-0.15, -0.1) is 0 Å². The molecule has 0 radical (unpaired) electrons. The van der Waals surface area contributed by atoms with Gasteiger partial charge in [0.05, 0.1) is 6.04 Å². The second kappa shape index (κ2) is 5.82. The van der Waals surface area contributed by atoms with Crippen molar-refractivity contribution in [1.82, 2.24) is 10.2 Å². The van der Waals surface area contributed by atoms with Gasteiger partial charge in [-0.25, -0.2) is 0 Å². The third kappa shape index (κ3) is 3.95. The maximum absolute atomic E-state index is 12.5. The third-order valence-electron chi connectivity index (χ3n) is 4.54. The van der Waals surface area contributed by atoms with Gasteiger partial charge in [0.2, 0.25) is 5.91 Å². The van der Waals surface area contributed by atoms with Crippen LogP contribution in [0.15, 0.2) is 0 Å². The first kappa shape index (κ1) is 14.8. The van der Waals surface area contributed by atoms with Crippen molar-refractivity contribution in [3.63, 3.8) is 0 Å². The zero-order valence-electron chi connectivity index (χ0n) is 13.0. The molecule has 1 aliphatic carbocycles. The van der Waals surface area contributed by atoms with E-state index >= 15 is 0 Å². The van der Waals surface area contributed by atoms with Crippen molar-refractivity contribution in [3.8, 4) is 0 Å². The zero-order chi connectivity index (χ0) is 14.0. The van der Waals surface area contributed by atoms with Crippen molar-refractivity contribution in [2.75, 3.05) is 13.6 Å². The van der Waals surface area contributed by atoms with Gasteiger partial charge in [-0.3, -0.25) is 4.79 Å². The standard InChI is InChI=1S/C16H30N2O/c1-16(2,3)11-18(4)15(19)14-10-9-12-7-5-6-8-13(12)17-14/h12-14,17H,5-11H2,1-4H3. The molecule has 2 fully saturated rings. The topological polar surface area (TPSA) is 32.3 Å². The van der Waals surface area contributed by atoms with Crippen LogP contribution in [0.2, 0.25) is 0 Å². The molecule has 0 aromatic heterocycles. The summed E-state index contributed by atoms with van der Waals surface area (Å²) in [4.78, 5) is 14.4. The maximum atomic E-state index is 12.5. The van der Waals surface area contributed by atoms with E-state index in [1.165, 1.54) is 32.1 Å². The van der Waals surface area contributed by atoms with Gasteiger partial charge in [0.1, 0.15) is 0 Å². The molecule has 1 heterocycles. The number of likely N-dealkylation sites (N-methyl/N-ethyl adjacent to an activating group) is 1. The summed E-state index contributed by atoms with van der Waals surface area (Å²) >= 11 is 0. The molecule has 2 aliphatic rings. The van der Waals surface area contributed by atoms with Crippen molar-refractivity contribution in [2.24, 2.45) is 11.3 Å². The van der Waals surface area contributed by atoms with E-state index in [0.29, 0.717) is 11.9 Å². The summed E-state index contributed by atoms with van der Waals surface area (Å²) in [6.45, 7) is 7.38. The predicted octanol–water partition coefficient (Wildman–Crippen LogP) is 2.80. The highest BCUT2D eigenvalue weighted by Gasteiger charge is 2.35. The molecule has 19 heavy (non-hydrogen) atoms. The Bertz CT molecular complexity index is 321. The predicted molar refractivity (Wildman–Crippen MR) is 79.0 cm³/mol. The highest BCUT2D eigenvalue weighted by Crippen LogP contribution is 2.32. The summed E-state index contributed by atoms with van der Waals surface area (Å²) < 4.78 is 0. The van der Waals surface area contributed by atoms with Gasteiger partial charge in [-0.2, -0.15) is 0 Å². The van der Waals surface area contributed by atoms with Gasteiger partial charge in [0.15, 0.2) is 0 Å². The third-order valence-corrected chi connectivity index (χ3v) is 4.54. The minimum Gasteiger partial charge on any atom is -0.344 e. The lowest BCUT2D eigenvalue weighted by atomic mass is 9.77. The molecule has 3 nitrogen and oxygen atoms in total. The number of carbonyl (C=O) groups is 1. The van der Waals surface area contributed by atoms with Crippen molar-refractivity contribution in [1.29, 1.82) is 0 Å². The molecular formula is C16H30N2O. The van der Waals surface area contributed by atoms with Crippen molar-refractivity contribution in [3.05, 3.63) is 0 Å². The van der Waals surface area contributed by atoms with E-state index < -0.39 is 0 Å². The molecule has 1 N–H and O–H groups in total. The molecule has 1 amide bonds. The number of amides is 1. The number of carbonyl (C=O) groups excluding carboxylic acids is 1. The highest BCUT2D eigenvalue weighted by atomic mass is 16.2. The minimum atomic E-state index is 0.0618. The number of piperidine rings is 1. The Hall–Kier alpha value is -0.570. The number of rotatable bonds is 2. The molecule has 3 heteroatoms. The Balaban J connectivity index is 1.89. The van der Waals surface area contributed by atoms with E-state index in [-0.39, 0.29) is 11.5 Å². The lowest BCUT2D eigenvalue weighted by Crippen LogP contribution is -2.55. The second-order valence-electron chi connectivity index (χ2n) is 7.70. The minimum absolute atomic E-state index is 0.0618. The van der Waals surface area contributed by atoms with Crippen molar-refractivity contribution >= 4 is 5.91 Å². The summed E-state index contributed by atoms with van der Waals surface area (Å²) in [5, 5.41) is 3.63. The number of nitrogens with zero attached hydrogens (tertiary/aromatic N) is 1. The van der Waals surface area contributed by atoms with E-state index in [1.54, 1.807) is 0 Å².